The van der Waals surface area contributed by atoms with Crippen LogP contribution in [-0.2, 0) is 11.3 Å². The zero-order chi connectivity index (χ0) is 17.4. The smallest absolute Gasteiger partial charge is 0.317 e. The molecule has 2 atom stereocenters. The normalized spacial score (nSPS) is 23.9. The number of nitrogens with zero attached hydrogens (tertiary/aromatic N) is 4. The minimum atomic E-state index is -0.0566. The van der Waals surface area contributed by atoms with Gasteiger partial charge in [0.05, 0.1) is 12.6 Å². The predicted molar refractivity (Wildman–Crippen MR) is 93.1 cm³/mol. The van der Waals surface area contributed by atoms with Crippen molar-refractivity contribution in [1.29, 1.82) is 0 Å². The summed E-state index contributed by atoms with van der Waals surface area (Å²) in [6.07, 6.45) is 6.68. The number of carbonyl (C=O) groups excluding carboxylic acids is 1. The molecule has 1 N–H and O–H groups in total. The molecule has 0 aromatic carbocycles. The lowest BCUT2D eigenvalue weighted by atomic mass is 9.51. The second-order valence-electron chi connectivity index (χ2n) is 7.17. The molecule has 7 heteroatoms. The van der Waals surface area contributed by atoms with Crippen LogP contribution in [0.25, 0.3) is 5.65 Å². The van der Waals surface area contributed by atoms with Gasteiger partial charge in [-0.05, 0) is 38.3 Å². The Morgan fingerprint density at radius 1 is 1.44 bits per heavy atom. The fourth-order valence-corrected chi connectivity index (χ4v) is 4.18. The second-order valence-corrected chi connectivity index (χ2v) is 7.17. The fraction of sp³-hybridized carbons (Fsp3) is 0.611. The van der Waals surface area contributed by atoms with E-state index in [4.69, 9.17) is 4.74 Å². The zero-order valence-corrected chi connectivity index (χ0v) is 14.8. The van der Waals surface area contributed by atoms with E-state index in [1.165, 1.54) is 6.42 Å². The van der Waals surface area contributed by atoms with Crippen molar-refractivity contribution in [3.05, 3.63) is 30.2 Å². The summed E-state index contributed by atoms with van der Waals surface area (Å²) in [6, 6.07) is 5.93. The van der Waals surface area contributed by atoms with Gasteiger partial charge in [0, 0.05) is 31.3 Å². The number of urea groups is 1. The Hall–Kier alpha value is -2.15. The molecule has 134 valence electrons. The summed E-state index contributed by atoms with van der Waals surface area (Å²) in [4.78, 5) is 14.3. The van der Waals surface area contributed by atoms with Crippen LogP contribution in [0.3, 0.4) is 0 Å². The highest BCUT2D eigenvalue weighted by atomic mass is 16.5. The minimum absolute atomic E-state index is 0.0566. The first-order valence-corrected chi connectivity index (χ1v) is 9.06. The molecule has 4 rings (SSSR count). The van der Waals surface area contributed by atoms with Gasteiger partial charge in [-0.3, -0.25) is 4.40 Å². The van der Waals surface area contributed by atoms with Gasteiger partial charge in [-0.1, -0.05) is 12.5 Å². The summed E-state index contributed by atoms with van der Waals surface area (Å²) in [6.45, 7) is 3.20. The van der Waals surface area contributed by atoms with E-state index < -0.39 is 0 Å². The molecular formula is C18H25N5O2. The first kappa shape index (κ1) is 16.3. The van der Waals surface area contributed by atoms with E-state index in [0.717, 1.165) is 37.3 Å². The minimum Gasteiger partial charge on any atom is -0.378 e. The average molecular weight is 343 g/mol. The molecule has 2 aliphatic rings. The molecule has 0 bridgehead atoms. The Kier molecular flexibility index (Phi) is 4.11. The molecule has 2 amide bonds. The summed E-state index contributed by atoms with van der Waals surface area (Å²) in [5.74, 6) is 0.757. The number of nitrogens with one attached hydrogen (secondary N) is 1. The first-order chi connectivity index (χ1) is 12.1. The maximum absolute atomic E-state index is 12.6. The number of hydrogen-bond donors (Lipinski definition) is 1. The van der Waals surface area contributed by atoms with Crippen LogP contribution >= 0.6 is 0 Å². The lowest BCUT2D eigenvalue weighted by Gasteiger charge is -2.61. The van der Waals surface area contributed by atoms with Gasteiger partial charge in [0.1, 0.15) is 0 Å². The molecule has 25 heavy (non-hydrogen) atoms. The standard InChI is InChI=1S/C18H25N5O2/c1-3-25-14-11-13(18(14)8-6-9-18)19-17(24)22(2)12-16-21-20-15-7-4-5-10-23(15)16/h4-5,7,10,13-14H,3,6,8-9,11-12H2,1-2H3,(H,19,24)/t13-,14+/m0/s1. The molecule has 2 aromatic heterocycles. The molecule has 7 nitrogen and oxygen atoms in total. The maximum atomic E-state index is 12.6. The Labute approximate surface area is 147 Å². The van der Waals surface area contributed by atoms with Gasteiger partial charge in [-0.2, -0.15) is 0 Å². The van der Waals surface area contributed by atoms with Crippen molar-refractivity contribution < 1.29 is 9.53 Å². The third-order valence-electron chi connectivity index (χ3n) is 5.84. The fourth-order valence-electron chi connectivity index (χ4n) is 4.18. The van der Waals surface area contributed by atoms with Crippen molar-refractivity contribution in [1.82, 2.24) is 24.8 Å². The summed E-state index contributed by atoms with van der Waals surface area (Å²) in [5.41, 5.74) is 0.965. The van der Waals surface area contributed by atoms with Crippen LogP contribution in [0.1, 0.15) is 38.4 Å². The largest absolute Gasteiger partial charge is 0.378 e. The first-order valence-electron chi connectivity index (χ1n) is 9.06. The molecule has 2 aliphatic carbocycles. The van der Waals surface area contributed by atoms with Gasteiger partial charge in [-0.15, -0.1) is 10.2 Å². The van der Waals surface area contributed by atoms with Crippen LogP contribution in [0.4, 0.5) is 4.79 Å². The SMILES string of the molecule is CCO[C@@H]1C[C@H](NC(=O)N(C)Cc2nnc3ccccn23)C12CCC2. The molecular weight excluding hydrogens is 318 g/mol. The molecule has 2 fully saturated rings. The number of ether oxygens (including phenoxy) is 1. The van der Waals surface area contributed by atoms with Gasteiger partial charge in [0.15, 0.2) is 11.5 Å². The number of hydrogen-bond acceptors (Lipinski definition) is 4. The second kappa shape index (κ2) is 6.29. The number of fused-ring (bicyclic) bond motifs is 1. The van der Waals surface area contributed by atoms with E-state index in [1.54, 1.807) is 11.9 Å². The summed E-state index contributed by atoms with van der Waals surface area (Å²) in [5, 5.41) is 11.5. The van der Waals surface area contributed by atoms with E-state index in [1.807, 2.05) is 35.7 Å². The Morgan fingerprint density at radius 3 is 3.00 bits per heavy atom. The summed E-state index contributed by atoms with van der Waals surface area (Å²) < 4.78 is 7.76. The predicted octanol–water partition coefficient (Wildman–Crippen LogP) is 2.22. The van der Waals surface area contributed by atoms with Gasteiger partial charge in [0.25, 0.3) is 0 Å². The summed E-state index contributed by atoms with van der Waals surface area (Å²) >= 11 is 0. The highest BCUT2D eigenvalue weighted by molar-refractivity contribution is 5.74. The van der Waals surface area contributed by atoms with Gasteiger partial charge in [-0.25, -0.2) is 4.79 Å². The van der Waals surface area contributed by atoms with E-state index in [-0.39, 0.29) is 17.5 Å². The van der Waals surface area contributed by atoms with Gasteiger partial charge < -0.3 is 15.0 Å². The lowest BCUT2D eigenvalue weighted by Crippen LogP contribution is -2.68. The monoisotopic (exact) mass is 343 g/mol. The maximum Gasteiger partial charge on any atom is 0.317 e. The highest BCUT2D eigenvalue weighted by Crippen LogP contribution is 2.57. The Bertz CT molecular complexity index is 770. The third kappa shape index (κ3) is 2.66. The van der Waals surface area contributed by atoms with Gasteiger partial charge >= 0.3 is 6.03 Å². The molecule has 0 radical (unpaired) electrons. The Morgan fingerprint density at radius 2 is 2.28 bits per heavy atom. The molecule has 2 saturated carbocycles. The van der Waals surface area contributed by atoms with Crippen LogP contribution in [0.15, 0.2) is 24.4 Å². The molecule has 2 heterocycles. The Balaban J connectivity index is 1.38. The van der Waals surface area contributed by atoms with E-state index in [9.17, 15) is 4.79 Å². The average Bonchev–Trinajstić information content (AvgIpc) is 2.95. The van der Waals surface area contributed by atoms with E-state index in [2.05, 4.69) is 15.5 Å². The zero-order valence-electron chi connectivity index (χ0n) is 14.8. The third-order valence-corrected chi connectivity index (χ3v) is 5.84. The van der Waals surface area contributed by atoms with Crippen molar-refractivity contribution in [3.63, 3.8) is 0 Å². The van der Waals surface area contributed by atoms with Crippen LogP contribution in [0, 0.1) is 5.41 Å². The molecule has 1 spiro atoms. The molecule has 0 saturated heterocycles. The van der Waals surface area contributed by atoms with E-state index >= 15 is 0 Å². The molecule has 0 aliphatic heterocycles. The lowest BCUT2D eigenvalue weighted by molar-refractivity contribution is -0.169. The van der Waals surface area contributed by atoms with Crippen molar-refractivity contribution in [3.8, 4) is 0 Å². The van der Waals surface area contributed by atoms with Crippen molar-refractivity contribution in [2.75, 3.05) is 13.7 Å². The molecule has 2 aromatic rings. The van der Waals surface area contributed by atoms with Crippen LogP contribution in [-0.4, -0.2) is 51.3 Å². The van der Waals surface area contributed by atoms with Crippen LogP contribution < -0.4 is 5.32 Å². The van der Waals surface area contributed by atoms with Gasteiger partial charge in [0.2, 0.25) is 0 Å². The number of aromatic nitrogens is 3. The number of amides is 2. The van der Waals surface area contributed by atoms with Crippen LogP contribution in [0.2, 0.25) is 0 Å². The van der Waals surface area contributed by atoms with E-state index in [0.29, 0.717) is 12.6 Å². The van der Waals surface area contributed by atoms with Crippen LogP contribution in [0.5, 0.6) is 0 Å². The number of rotatable bonds is 5. The number of carbonyl (C=O) groups is 1. The van der Waals surface area contributed by atoms with Crippen molar-refractivity contribution >= 4 is 11.7 Å². The number of pyridine rings is 1. The molecule has 0 unspecified atom stereocenters. The van der Waals surface area contributed by atoms with Crippen molar-refractivity contribution in [2.45, 2.75) is 51.3 Å². The summed E-state index contributed by atoms with van der Waals surface area (Å²) in [7, 11) is 1.80. The van der Waals surface area contributed by atoms with Crippen molar-refractivity contribution in [2.24, 2.45) is 5.41 Å². The highest BCUT2D eigenvalue weighted by Gasteiger charge is 2.59. The topological polar surface area (TPSA) is 71.8 Å². The quantitative estimate of drug-likeness (QED) is 0.903.